The van der Waals surface area contributed by atoms with Crippen molar-refractivity contribution >= 4 is 0 Å². The SMILES string of the molecule is OC1=CCC(C(F)(F)F)C=C1. The normalized spacial score (nSPS) is 25.0. The molecule has 0 aromatic carbocycles. The van der Waals surface area contributed by atoms with Crippen LogP contribution in [0.1, 0.15) is 6.42 Å². The third-order valence-corrected chi connectivity index (χ3v) is 1.50. The first-order chi connectivity index (χ1) is 5.00. The number of allylic oxidation sites excluding steroid dienone is 3. The standard InChI is InChI=1S/C7H7F3O/c8-7(9,10)5-1-3-6(11)4-2-5/h1,3-5,11H,2H2. The van der Waals surface area contributed by atoms with E-state index in [0.29, 0.717) is 0 Å². The Morgan fingerprint density at radius 2 is 2.09 bits per heavy atom. The second-order valence-electron chi connectivity index (χ2n) is 2.37. The number of rotatable bonds is 0. The average molecular weight is 164 g/mol. The topological polar surface area (TPSA) is 20.2 Å². The Balaban J connectivity index is 2.63. The fourth-order valence-corrected chi connectivity index (χ4v) is 0.852. The highest BCUT2D eigenvalue weighted by Gasteiger charge is 2.37. The summed E-state index contributed by atoms with van der Waals surface area (Å²) in [6, 6.07) is 0. The molecule has 0 radical (unpaired) electrons. The van der Waals surface area contributed by atoms with Crippen LogP contribution in [0.5, 0.6) is 0 Å². The van der Waals surface area contributed by atoms with Crippen molar-refractivity contribution in [1.82, 2.24) is 0 Å². The van der Waals surface area contributed by atoms with Crippen LogP contribution in [0.25, 0.3) is 0 Å². The lowest BCUT2D eigenvalue weighted by molar-refractivity contribution is -0.160. The predicted molar refractivity (Wildman–Crippen MR) is 34.0 cm³/mol. The van der Waals surface area contributed by atoms with Crippen LogP contribution >= 0.6 is 0 Å². The molecule has 0 aliphatic heterocycles. The first-order valence-electron chi connectivity index (χ1n) is 3.14. The summed E-state index contributed by atoms with van der Waals surface area (Å²) in [7, 11) is 0. The van der Waals surface area contributed by atoms with Gasteiger partial charge in [0.15, 0.2) is 0 Å². The first kappa shape index (κ1) is 8.17. The summed E-state index contributed by atoms with van der Waals surface area (Å²) >= 11 is 0. The average Bonchev–Trinajstić information content (AvgIpc) is 1.86. The van der Waals surface area contributed by atoms with Crippen LogP contribution < -0.4 is 0 Å². The molecular formula is C7H7F3O. The monoisotopic (exact) mass is 164 g/mol. The summed E-state index contributed by atoms with van der Waals surface area (Å²) in [6.45, 7) is 0. The summed E-state index contributed by atoms with van der Waals surface area (Å²) in [5, 5.41) is 8.70. The molecule has 0 saturated carbocycles. The molecule has 0 aromatic rings. The summed E-state index contributed by atoms with van der Waals surface area (Å²) in [5.74, 6) is -1.52. The minimum absolute atomic E-state index is 0.0921. The van der Waals surface area contributed by atoms with Gasteiger partial charge in [0.25, 0.3) is 0 Å². The molecule has 0 bridgehead atoms. The predicted octanol–water partition coefficient (Wildman–Crippen LogP) is 2.57. The van der Waals surface area contributed by atoms with Crippen LogP contribution in [0.4, 0.5) is 13.2 Å². The molecule has 1 rings (SSSR count). The van der Waals surface area contributed by atoms with E-state index in [0.717, 1.165) is 18.2 Å². The van der Waals surface area contributed by atoms with Crippen LogP contribution in [-0.2, 0) is 0 Å². The minimum Gasteiger partial charge on any atom is -0.508 e. The van der Waals surface area contributed by atoms with Crippen LogP contribution in [0.15, 0.2) is 24.0 Å². The third kappa shape index (κ3) is 2.00. The Kier molecular flexibility index (Phi) is 1.93. The van der Waals surface area contributed by atoms with Gasteiger partial charge in [0.05, 0.1) is 5.92 Å². The van der Waals surface area contributed by atoms with E-state index in [4.69, 9.17) is 5.11 Å². The molecule has 62 valence electrons. The van der Waals surface area contributed by atoms with E-state index < -0.39 is 12.1 Å². The maximum Gasteiger partial charge on any atom is 0.395 e. The van der Waals surface area contributed by atoms with Crippen molar-refractivity contribution in [2.45, 2.75) is 12.6 Å². The first-order valence-corrected chi connectivity index (χ1v) is 3.14. The summed E-state index contributed by atoms with van der Waals surface area (Å²) in [6.07, 6.45) is -1.14. The summed E-state index contributed by atoms with van der Waals surface area (Å²) < 4.78 is 35.7. The smallest absolute Gasteiger partial charge is 0.395 e. The third-order valence-electron chi connectivity index (χ3n) is 1.50. The van der Waals surface area contributed by atoms with Crippen molar-refractivity contribution in [2.75, 3.05) is 0 Å². The number of alkyl halides is 3. The highest BCUT2D eigenvalue weighted by Crippen LogP contribution is 2.32. The molecule has 1 N–H and O–H groups in total. The summed E-state index contributed by atoms with van der Waals surface area (Å²) in [4.78, 5) is 0. The molecule has 1 unspecified atom stereocenters. The molecule has 1 atom stereocenters. The van der Waals surface area contributed by atoms with Gasteiger partial charge in [-0.2, -0.15) is 13.2 Å². The fourth-order valence-electron chi connectivity index (χ4n) is 0.852. The Hall–Kier alpha value is -0.930. The Bertz CT molecular complexity index is 202. The lowest BCUT2D eigenvalue weighted by Crippen LogP contribution is -2.21. The van der Waals surface area contributed by atoms with E-state index in [-0.39, 0.29) is 12.2 Å². The van der Waals surface area contributed by atoms with E-state index in [2.05, 4.69) is 0 Å². The van der Waals surface area contributed by atoms with Gasteiger partial charge in [-0.05, 0) is 18.6 Å². The van der Waals surface area contributed by atoms with Crippen LogP contribution in [0.3, 0.4) is 0 Å². The van der Waals surface area contributed by atoms with E-state index in [1.165, 1.54) is 0 Å². The minimum atomic E-state index is -4.19. The van der Waals surface area contributed by atoms with Gasteiger partial charge in [-0.25, -0.2) is 0 Å². The van der Waals surface area contributed by atoms with Crippen molar-refractivity contribution in [1.29, 1.82) is 0 Å². The highest BCUT2D eigenvalue weighted by atomic mass is 19.4. The lowest BCUT2D eigenvalue weighted by Gasteiger charge is -2.16. The van der Waals surface area contributed by atoms with Crippen molar-refractivity contribution in [2.24, 2.45) is 5.92 Å². The number of aliphatic hydroxyl groups excluding tert-OH is 1. The van der Waals surface area contributed by atoms with Gasteiger partial charge < -0.3 is 5.11 Å². The molecule has 0 heterocycles. The number of hydrogen-bond acceptors (Lipinski definition) is 1. The second kappa shape index (κ2) is 2.60. The molecule has 0 aromatic heterocycles. The molecule has 1 aliphatic rings. The van der Waals surface area contributed by atoms with Gasteiger partial charge in [-0.15, -0.1) is 0 Å². The Morgan fingerprint density at radius 1 is 1.45 bits per heavy atom. The zero-order valence-electron chi connectivity index (χ0n) is 5.60. The second-order valence-corrected chi connectivity index (χ2v) is 2.37. The van der Waals surface area contributed by atoms with Crippen molar-refractivity contribution in [3.05, 3.63) is 24.0 Å². The molecule has 1 nitrogen and oxygen atoms in total. The molecule has 4 heteroatoms. The van der Waals surface area contributed by atoms with Crippen molar-refractivity contribution in [3.8, 4) is 0 Å². The van der Waals surface area contributed by atoms with Crippen molar-refractivity contribution < 1.29 is 18.3 Å². The van der Waals surface area contributed by atoms with Gasteiger partial charge >= 0.3 is 6.18 Å². The fraction of sp³-hybridized carbons (Fsp3) is 0.429. The van der Waals surface area contributed by atoms with Crippen molar-refractivity contribution in [3.63, 3.8) is 0 Å². The van der Waals surface area contributed by atoms with Crippen LogP contribution in [0.2, 0.25) is 0 Å². The molecular weight excluding hydrogens is 157 g/mol. The van der Waals surface area contributed by atoms with Gasteiger partial charge in [0.2, 0.25) is 0 Å². The maximum atomic E-state index is 11.9. The molecule has 1 aliphatic carbocycles. The van der Waals surface area contributed by atoms with Gasteiger partial charge in [-0.1, -0.05) is 6.08 Å². The van der Waals surface area contributed by atoms with Crippen LogP contribution in [-0.4, -0.2) is 11.3 Å². The largest absolute Gasteiger partial charge is 0.508 e. The number of aliphatic hydroxyl groups is 1. The van der Waals surface area contributed by atoms with Crippen LogP contribution in [0, 0.1) is 5.92 Å². The van der Waals surface area contributed by atoms with Gasteiger partial charge in [-0.3, -0.25) is 0 Å². The number of hydrogen-bond donors (Lipinski definition) is 1. The maximum absolute atomic E-state index is 11.9. The molecule has 11 heavy (non-hydrogen) atoms. The zero-order chi connectivity index (χ0) is 8.48. The van der Waals surface area contributed by atoms with E-state index >= 15 is 0 Å². The Labute approximate surface area is 61.8 Å². The van der Waals surface area contributed by atoms with E-state index in [1.54, 1.807) is 0 Å². The molecule has 0 fully saturated rings. The molecule has 0 amide bonds. The van der Waals surface area contributed by atoms with E-state index in [9.17, 15) is 13.2 Å². The van der Waals surface area contributed by atoms with Gasteiger partial charge in [0, 0.05) is 0 Å². The number of halogens is 3. The quantitative estimate of drug-likeness (QED) is 0.583. The Morgan fingerprint density at radius 3 is 2.45 bits per heavy atom. The van der Waals surface area contributed by atoms with Gasteiger partial charge in [0.1, 0.15) is 5.76 Å². The summed E-state index contributed by atoms with van der Waals surface area (Å²) in [5.41, 5.74) is 0. The zero-order valence-corrected chi connectivity index (χ0v) is 5.60. The highest BCUT2D eigenvalue weighted by molar-refractivity contribution is 5.17. The molecule has 0 saturated heterocycles. The van der Waals surface area contributed by atoms with E-state index in [1.807, 2.05) is 0 Å². The molecule has 0 spiro atoms. The lowest BCUT2D eigenvalue weighted by atomic mass is 10.00.